The van der Waals surface area contributed by atoms with Gasteiger partial charge in [0.05, 0.1) is 11.4 Å². The van der Waals surface area contributed by atoms with Gasteiger partial charge in [0, 0.05) is 22.1 Å². The largest absolute Gasteiger partial charge is 0.309 e. The number of hydrogen-bond acceptors (Lipinski definition) is 1. The summed E-state index contributed by atoms with van der Waals surface area (Å²) in [6.45, 7) is 4.73. The first-order valence-electron chi connectivity index (χ1n) is 17.4. The van der Waals surface area contributed by atoms with E-state index in [0.29, 0.717) is 0 Å². The number of para-hydroxylation sites is 1. The molecule has 0 aliphatic heterocycles. The molecule has 0 spiro atoms. The fourth-order valence-electron chi connectivity index (χ4n) is 7.98. The average Bonchev–Trinajstić information content (AvgIpc) is 3.40. The van der Waals surface area contributed by atoms with Gasteiger partial charge in [0.2, 0.25) is 0 Å². The van der Waals surface area contributed by atoms with Gasteiger partial charge in [-0.05, 0) is 91.9 Å². The van der Waals surface area contributed by atoms with E-state index >= 15 is 0 Å². The lowest BCUT2D eigenvalue weighted by atomic mass is 9.82. The minimum Gasteiger partial charge on any atom is -0.309 e. The van der Waals surface area contributed by atoms with Crippen molar-refractivity contribution in [2.75, 3.05) is 4.90 Å². The maximum atomic E-state index is 2.47. The van der Waals surface area contributed by atoms with Gasteiger partial charge in [-0.2, -0.15) is 0 Å². The van der Waals surface area contributed by atoms with Crippen molar-refractivity contribution in [3.8, 4) is 44.5 Å². The van der Waals surface area contributed by atoms with Crippen molar-refractivity contribution in [3.63, 3.8) is 0 Å². The van der Waals surface area contributed by atoms with Crippen molar-refractivity contribution in [1.29, 1.82) is 0 Å². The SMILES string of the molecule is CC1(C)c2ccccc2-c2cc3cccc(N(c4ccc(-c5ccccc5)cc4)c4ccccc4-c4ccccc4-c4ccccc4)c3cc21. The lowest BCUT2D eigenvalue weighted by Gasteiger charge is -2.30. The Kier molecular flexibility index (Phi) is 7.21. The van der Waals surface area contributed by atoms with Crippen LogP contribution in [0.15, 0.2) is 188 Å². The number of hydrogen-bond donors (Lipinski definition) is 0. The summed E-state index contributed by atoms with van der Waals surface area (Å²) >= 11 is 0. The second kappa shape index (κ2) is 12.1. The molecular formula is C49H37N. The molecule has 0 bridgehead atoms. The van der Waals surface area contributed by atoms with Crippen molar-refractivity contribution in [1.82, 2.24) is 0 Å². The minimum atomic E-state index is -0.0953. The van der Waals surface area contributed by atoms with E-state index in [9.17, 15) is 0 Å². The van der Waals surface area contributed by atoms with Gasteiger partial charge >= 0.3 is 0 Å². The maximum absolute atomic E-state index is 2.47. The Hall–Kier alpha value is -6.18. The van der Waals surface area contributed by atoms with Crippen LogP contribution in [-0.2, 0) is 5.41 Å². The van der Waals surface area contributed by atoms with E-state index in [1.54, 1.807) is 0 Å². The van der Waals surface area contributed by atoms with E-state index in [-0.39, 0.29) is 5.41 Å². The molecule has 8 aromatic rings. The first-order chi connectivity index (χ1) is 24.6. The van der Waals surface area contributed by atoms with E-state index in [2.05, 4.69) is 207 Å². The van der Waals surface area contributed by atoms with Crippen LogP contribution < -0.4 is 4.90 Å². The lowest BCUT2D eigenvalue weighted by Crippen LogP contribution is -2.15. The second-order valence-corrected chi connectivity index (χ2v) is 13.7. The highest BCUT2D eigenvalue weighted by Crippen LogP contribution is 2.52. The molecule has 1 heteroatoms. The molecule has 1 aliphatic carbocycles. The van der Waals surface area contributed by atoms with E-state index in [1.807, 2.05) is 0 Å². The van der Waals surface area contributed by atoms with Gasteiger partial charge in [0.25, 0.3) is 0 Å². The van der Waals surface area contributed by atoms with E-state index in [1.165, 1.54) is 66.4 Å². The Labute approximate surface area is 294 Å². The zero-order valence-electron chi connectivity index (χ0n) is 28.3. The first-order valence-corrected chi connectivity index (χ1v) is 17.4. The van der Waals surface area contributed by atoms with Gasteiger partial charge in [-0.1, -0.05) is 166 Å². The van der Waals surface area contributed by atoms with Crippen LogP contribution >= 0.6 is 0 Å². The molecule has 238 valence electrons. The summed E-state index contributed by atoms with van der Waals surface area (Å²) in [5.74, 6) is 0. The van der Waals surface area contributed by atoms with Crippen LogP contribution in [-0.4, -0.2) is 0 Å². The first kappa shape index (κ1) is 29.9. The molecule has 9 rings (SSSR count). The molecule has 50 heavy (non-hydrogen) atoms. The van der Waals surface area contributed by atoms with E-state index < -0.39 is 0 Å². The monoisotopic (exact) mass is 639 g/mol. The van der Waals surface area contributed by atoms with Crippen molar-refractivity contribution in [3.05, 3.63) is 199 Å². The Morgan fingerprint density at radius 1 is 0.360 bits per heavy atom. The minimum absolute atomic E-state index is 0.0953. The van der Waals surface area contributed by atoms with Gasteiger partial charge in [-0.3, -0.25) is 0 Å². The molecular weight excluding hydrogens is 603 g/mol. The van der Waals surface area contributed by atoms with Gasteiger partial charge in [-0.25, -0.2) is 0 Å². The predicted octanol–water partition coefficient (Wildman–Crippen LogP) is 13.6. The highest BCUT2D eigenvalue weighted by atomic mass is 15.1. The molecule has 1 nitrogen and oxygen atoms in total. The average molecular weight is 640 g/mol. The fourth-order valence-corrected chi connectivity index (χ4v) is 7.98. The van der Waals surface area contributed by atoms with Gasteiger partial charge in [0.15, 0.2) is 0 Å². The molecule has 8 aromatic carbocycles. The van der Waals surface area contributed by atoms with Crippen LogP contribution in [0.1, 0.15) is 25.0 Å². The number of fused-ring (bicyclic) bond motifs is 4. The third-order valence-corrected chi connectivity index (χ3v) is 10.5. The number of benzene rings is 8. The van der Waals surface area contributed by atoms with Gasteiger partial charge in [-0.15, -0.1) is 0 Å². The van der Waals surface area contributed by atoms with Crippen LogP contribution in [0.25, 0.3) is 55.3 Å². The second-order valence-electron chi connectivity index (χ2n) is 13.7. The molecule has 0 aromatic heterocycles. The van der Waals surface area contributed by atoms with E-state index in [0.717, 1.165) is 17.1 Å². The maximum Gasteiger partial charge on any atom is 0.0540 e. The zero-order valence-corrected chi connectivity index (χ0v) is 28.3. The Morgan fingerprint density at radius 2 is 0.920 bits per heavy atom. The highest BCUT2D eigenvalue weighted by Gasteiger charge is 2.35. The highest BCUT2D eigenvalue weighted by molar-refractivity contribution is 6.05. The smallest absolute Gasteiger partial charge is 0.0540 e. The Balaban J connectivity index is 1.29. The van der Waals surface area contributed by atoms with Crippen LogP contribution in [0.5, 0.6) is 0 Å². The summed E-state index contributed by atoms with van der Waals surface area (Å²) < 4.78 is 0. The van der Waals surface area contributed by atoms with Gasteiger partial charge < -0.3 is 4.90 Å². The van der Waals surface area contributed by atoms with Gasteiger partial charge in [0.1, 0.15) is 0 Å². The Bertz CT molecular complexity index is 2490. The zero-order chi connectivity index (χ0) is 33.7. The lowest BCUT2D eigenvalue weighted by molar-refractivity contribution is 0.661. The van der Waals surface area contributed by atoms with Crippen molar-refractivity contribution >= 4 is 27.8 Å². The van der Waals surface area contributed by atoms with Crippen molar-refractivity contribution in [2.24, 2.45) is 0 Å². The summed E-state index contributed by atoms with van der Waals surface area (Å²) in [5, 5.41) is 2.48. The number of rotatable bonds is 6. The molecule has 0 amide bonds. The fraction of sp³-hybridized carbons (Fsp3) is 0.0612. The quantitative estimate of drug-likeness (QED) is 0.175. The normalized spacial score (nSPS) is 12.8. The molecule has 0 unspecified atom stereocenters. The standard InChI is InChI=1S/C49H37N/c1-49(2)45-25-13-11-23-41(45)44-32-37-20-15-27-48(43(37)33-46(44)49)50(38-30-28-35(29-31-38)34-16-5-3-6-17-34)47-26-14-12-24-42(47)40-22-10-9-21-39(40)36-18-7-4-8-19-36/h3-33H,1-2H3. The molecule has 0 heterocycles. The summed E-state index contributed by atoms with van der Waals surface area (Å²) in [6, 6.07) is 68.6. The van der Waals surface area contributed by atoms with Crippen LogP contribution in [0.2, 0.25) is 0 Å². The molecule has 1 aliphatic rings. The summed E-state index contributed by atoms with van der Waals surface area (Å²) in [5.41, 5.74) is 16.0. The third kappa shape index (κ3) is 4.94. The number of nitrogens with zero attached hydrogens (tertiary/aromatic N) is 1. The summed E-state index contributed by atoms with van der Waals surface area (Å²) in [7, 11) is 0. The molecule has 0 radical (unpaired) electrons. The van der Waals surface area contributed by atoms with Crippen LogP contribution in [0.3, 0.4) is 0 Å². The number of anilines is 3. The van der Waals surface area contributed by atoms with Crippen LogP contribution in [0.4, 0.5) is 17.1 Å². The molecule has 0 atom stereocenters. The molecule has 0 saturated heterocycles. The van der Waals surface area contributed by atoms with E-state index in [4.69, 9.17) is 0 Å². The summed E-state index contributed by atoms with van der Waals surface area (Å²) in [4.78, 5) is 2.47. The van der Waals surface area contributed by atoms with Crippen LogP contribution in [0, 0.1) is 0 Å². The third-order valence-electron chi connectivity index (χ3n) is 10.5. The topological polar surface area (TPSA) is 3.24 Å². The molecule has 0 fully saturated rings. The Morgan fingerprint density at radius 3 is 1.66 bits per heavy atom. The molecule has 0 saturated carbocycles. The predicted molar refractivity (Wildman–Crippen MR) is 213 cm³/mol. The van der Waals surface area contributed by atoms with Crippen molar-refractivity contribution < 1.29 is 0 Å². The molecule has 0 N–H and O–H groups in total. The summed E-state index contributed by atoms with van der Waals surface area (Å²) in [6.07, 6.45) is 0. The van der Waals surface area contributed by atoms with Crippen molar-refractivity contribution in [2.45, 2.75) is 19.3 Å².